The molecule has 0 saturated carbocycles. The fraction of sp³-hybridized carbons (Fsp3) is 0.467. The number of carbonyl (C=O) groups is 1. The fourth-order valence-electron chi connectivity index (χ4n) is 2.75. The highest BCUT2D eigenvalue weighted by atomic mass is 35.5. The summed E-state index contributed by atoms with van der Waals surface area (Å²) in [7, 11) is 0. The molecule has 1 aliphatic rings. The number of nitrogens with two attached hydrogens (primary N) is 1. The summed E-state index contributed by atoms with van der Waals surface area (Å²) in [6, 6.07) is 7.72. The highest BCUT2D eigenvalue weighted by molar-refractivity contribution is 5.85. The monoisotopic (exact) mass is 336 g/mol. The van der Waals surface area contributed by atoms with Gasteiger partial charge in [0.25, 0.3) is 0 Å². The number of carbonyl (C=O) groups excluding carboxylic acids is 1. The van der Waals surface area contributed by atoms with Crippen LogP contribution in [0.2, 0.25) is 0 Å². The summed E-state index contributed by atoms with van der Waals surface area (Å²) >= 11 is 0. The Balaban J connectivity index is 0.00000192. The number of likely N-dealkylation sites (tertiary alicyclic amines) is 1. The molecule has 3 rings (SSSR count). The van der Waals surface area contributed by atoms with Crippen molar-refractivity contribution >= 4 is 18.3 Å². The molecule has 1 aromatic heterocycles. The van der Waals surface area contributed by atoms with Crippen molar-refractivity contribution in [3.05, 3.63) is 36.2 Å². The van der Waals surface area contributed by atoms with E-state index in [0.29, 0.717) is 12.3 Å². The molecule has 0 bridgehead atoms. The Morgan fingerprint density at radius 1 is 1.22 bits per heavy atom. The van der Waals surface area contributed by atoms with Crippen LogP contribution in [0.1, 0.15) is 18.4 Å². The van der Waals surface area contributed by atoms with Gasteiger partial charge in [0, 0.05) is 13.1 Å². The minimum Gasteiger partial charge on any atom is -0.342 e. The Hall–Kier alpha value is -1.99. The minimum absolute atomic E-state index is 0. The zero-order valence-electron chi connectivity index (χ0n) is 12.8. The third-order valence-corrected chi connectivity index (χ3v) is 4.21. The van der Waals surface area contributed by atoms with Crippen molar-refractivity contribution in [2.75, 3.05) is 19.6 Å². The summed E-state index contributed by atoms with van der Waals surface area (Å²) < 4.78 is 1.59. The average molecular weight is 337 g/mol. The molecule has 23 heavy (non-hydrogen) atoms. The van der Waals surface area contributed by atoms with Crippen molar-refractivity contribution < 1.29 is 4.79 Å². The van der Waals surface area contributed by atoms with E-state index in [-0.39, 0.29) is 18.3 Å². The van der Waals surface area contributed by atoms with Crippen LogP contribution in [0, 0.1) is 5.92 Å². The van der Waals surface area contributed by atoms with Crippen LogP contribution in [-0.2, 0) is 11.2 Å². The topological polar surface area (TPSA) is 89.9 Å². The summed E-state index contributed by atoms with van der Waals surface area (Å²) in [5.41, 5.74) is 7.57. The van der Waals surface area contributed by atoms with Crippen LogP contribution < -0.4 is 5.73 Å². The van der Waals surface area contributed by atoms with E-state index in [1.807, 2.05) is 29.2 Å². The van der Waals surface area contributed by atoms with Crippen LogP contribution in [0.3, 0.4) is 0 Å². The Labute approximate surface area is 141 Å². The number of benzene rings is 1. The van der Waals surface area contributed by atoms with Crippen LogP contribution in [0.5, 0.6) is 0 Å². The number of rotatable bonds is 4. The van der Waals surface area contributed by atoms with Gasteiger partial charge < -0.3 is 10.6 Å². The van der Waals surface area contributed by atoms with Crippen LogP contribution in [0.15, 0.2) is 30.6 Å². The van der Waals surface area contributed by atoms with E-state index in [1.54, 1.807) is 11.0 Å². The second-order valence-electron chi connectivity index (χ2n) is 5.66. The molecule has 2 heterocycles. The number of halogens is 1. The maximum atomic E-state index is 12.3. The summed E-state index contributed by atoms with van der Waals surface area (Å²) in [4.78, 5) is 14.3. The summed E-state index contributed by atoms with van der Waals surface area (Å²) in [5, 5.41) is 11.0. The Morgan fingerprint density at radius 2 is 1.91 bits per heavy atom. The number of hydrogen-bond acceptors (Lipinski definition) is 5. The molecule has 8 heteroatoms. The van der Waals surface area contributed by atoms with E-state index in [4.69, 9.17) is 5.73 Å². The smallest absolute Gasteiger partial charge is 0.226 e. The van der Waals surface area contributed by atoms with Gasteiger partial charge in [0.1, 0.15) is 6.33 Å². The lowest BCUT2D eigenvalue weighted by Crippen LogP contribution is -2.40. The Morgan fingerprint density at radius 3 is 2.48 bits per heavy atom. The molecule has 0 unspecified atom stereocenters. The SMILES string of the molecule is Cl.NCC1CCN(C(=O)Cc2ccc(-n3cnnn3)cc2)CC1. The van der Waals surface area contributed by atoms with Crippen molar-refractivity contribution in [1.29, 1.82) is 0 Å². The normalized spacial score (nSPS) is 15.3. The molecular formula is C15H21ClN6O. The summed E-state index contributed by atoms with van der Waals surface area (Å²) in [5.74, 6) is 0.755. The van der Waals surface area contributed by atoms with Gasteiger partial charge in [0.05, 0.1) is 12.1 Å². The molecular weight excluding hydrogens is 316 g/mol. The second-order valence-corrected chi connectivity index (χ2v) is 5.66. The van der Waals surface area contributed by atoms with Crippen LogP contribution in [0.25, 0.3) is 5.69 Å². The van der Waals surface area contributed by atoms with Crippen molar-refractivity contribution in [1.82, 2.24) is 25.1 Å². The fourth-order valence-corrected chi connectivity index (χ4v) is 2.75. The zero-order chi connectivity index (χ0) is 15.4. The van der Waals surface area contributed by atoms with Crippen LogP contribution >= 0.6 is 12.4 Å². The molecule has 2 N–H and O–H groups in total. The molecule has 1 aromatic carbocycles. The largest absolute Gasteiger partial charge is 0.342 e. The number of amides is 1. The van der Waals surface area contributed by atoms with Gasteiger partial charge in [0.2, 0.25) is 5.91 Å². The predicted molar refractivity (Wildman–Crippen MR) is 88.5 cm³/mol. The van der Waals surface area contributed by atoms with Crippen LogP contribution in [-0.4, -0.2) is 50.6 Å². The molecule has 0 aliphatic carbocycles. The summed E-state index contributed by atoms with van der Waals surface area (Å²) in [6.45, 7) is 2.37. The molecule has 1 saturated heterocycles. The maximum Gasteiger partial charge on any atom is 0.226 e. The van der Waals surface area contributed by atoms with E-state index in [2.05, 4.69) is 15.5 Å². The van der Waals surface area contributed by atoms with Gasteiger partial charge in [-0.1, -0.05) is 12.1 Å². The van der Waals surface area contributed by atoms with E-state index in [0.717, 1.165) is 43.7 Å². The van der Waals surface area contributed by atoms with E-state index in [9.17, 15) is 4.79 Å². The lowest BCUT2D eigenvalue weighted by atomic mass is 9.96. The summed E-state index contributed by atoms with van der Waals surface area (Å²) in [6.07, 6.45) is 4.01. The first-order valence-electron chi connectivity index (χ1n) is 7.56. The predicted octanol–water partition coefficient (Wildman–Crippen LogP) is 0.824. The van der Waals surface area contributed by atoms with Crippen LogP contribution in [0.4, 0.5) is 0 Å². The van der Waals surface area contributed by atoms with E-state index in [1.165, 1.54) is 0 Å². The number of nitrogens with zero attached hydrogens (tertiary/aromatic N) is 5. The molecule has 0 atom stereocenters. The average Bonchev–Trinajstić information content (AvgIpc) is 3.10. The number of piperidine rings is 1. The quantitative estimate of drug-likeness (QED) is 0.893. The molecule has 0 spiro atoms. The number of aromatic nitrogens is 4. The molecule has 2 aromatic rings. The lowest BCUT2D eigenvalue weighted by Gasteiger charge is -2.31. The highest BCUT2D eigenvalue weighted by Gasteiger charge is 2.21. The lowest BCUT2D eigenvalue weighted by molar-refractivity contribution is -0.131. The first kappa shape index (κ1) is 17.4. The van der Waals surface area contributed by atoms with Gasteiger partial charge >= 0.3 is 0 Å². The first-order valence-corrected chi connectivity index (χ1v) is 7.56. The molecule has 0 radical (unpaired) electrons. The Kier molecular flexibility index (Phi) is 6.06. The molecule has 1 fully saturated rings. The van der Waals surface area contributed by atoms with Gasteiger partial charge in [-0.25, -0.2) is 4.68 Å². The van der Waals surface area contributed by atoms with Crippen molar-refractivity contribution in [3.8, 4) is 5.69 Å². The van der Waals surface area contributed by atoms with Gasteiger partial charge in [-0.15, -0.1) is 17.5 Å². The van der Waals surface area contributed by atoms with Gasteiger partial charge in [-0.05, 0) is 53.4 Å². The number of hydrogen-bond donors (Lipinski definition) is 1. The van der Waals surface area contributed by atoms with Gasteiger partial charge in [-0.2, -0.15) is 0 Å². The van der Waals surface area contributed by atoms with Gasteiger partial charge in [0.15, 0.2) is 0 Å². The Bertz CT molecular complexity index is 607. The van der Waals surface area contributed by atoms with E-state index < -0.39 is 0 Å². The van der Waals surface area contributed by atoms with Crippen molar-refractivity contribution in [2.45, 2.75) is 19.3 Å². The van der Waals surface area contributed by atoms with Gasteiger partial charge in [-0.3, -0.25) is 4.79 Å². The third kappa shape index (κ3) is 4.27. The highest BCUT2D eigenvalue weighted by Crippen LogP contribution is 2.17. The van der Waals surface area contributed by atoms with E-state index >= 15 is 0 Å². The molecule has 1 amide bonds. The zero-order valence-corrected chi connectivity index (χ0v) is 13.7. The molecule has 7 nitrogen and oxygen atoms in total. The molecule has 1 aliphatic heterocycles. The number of tetrazole rings is 1. The van der Waals surface area contributed by atoms with Crippen molar-refractivity contribution in [3.63, 3.8) is 0 Å². The van der Waals surface area contributed by atoms with Crippen molar-refractivity contribution in [2.24, 2.45) is 11.7 Å². The standard InChI is InChI=1S/C15H20N6O.ClH/c16-10-13-5-7-20(8-6-13)15(22)9-12-1-3-14(4-2-12)21-11-17-18-19-21;/h1-4,11,13H,5-10,16H2;1H. The minimum atomic E-state index is 0. The third-order valence-electron chi connectivity index (χ3n) is 4.21. The first-order chi connectivity index (χ1) is 10.8. The second kappa shape index (κ2) is 8.03. The maximum absolute atomic E-state index is 12.3. The molecule has 124 valence electrons.